The lowest BCUT2D eigenvalue weighted by atomic mass is 10.1. The number of hydrogen-bond acceptors (Lipinski definition) is 9. The Morgan fingerprint density at radius 3 is 2.41 bits per heavy atom. The minimum Gasteiger partial charge on any atom is -0.387 e. The highest BCUT2D eigenvalue weighted by atomic mass is 31.2. The van der Waals surface area contributed by atoms with Crippen molar-refractivity contribution in [2.24, 2.45) is 0 Å². The monoisotopic (exact) mass is 492 g/mol. The van der Waals surface area contributed by atoms with E-state index in [9.17, 15) is 38.8 Å². The summed E-state index contributed by atoms with van der Waals surface area (Å²) in [5, 5.41) is 22.3. The Labute approximate surface area is 181 Å². The molecule has 0 radical (unpaired) electrons. The molecule has 0 bridgehead atoms. The van der Waals surface area contributed by atoms with E-state index in [0.29, 0.717) is 0 Å². The fourth-order valence-corrected chi connectivity index (χ4v) is 5.54. The van der Waals surface area contributed by atoms with Crippen molar-refractivity contribution in [3.8, 4) is 0 Å². The molecular weight excluding hydrogens is 470 g/mol. The van der Waals surface area contributed by atoms with E-state index in [1.54, 1.807) is 6.07 Å². The second kappa shape index (κ2) is 9.49. The molecule has 0 saturated carbocycles. The fraction of sp³-hybridized carbons (Fsp3) is 0.375. The summed E-state index contributed by atoms with van der Waals surface area (Å²) in [5.41, 5.74) is 4.59. The molecule has 2 aromatic rings. The molecule has 14 nitrogen and oxygen atoms in total. The van der Waals surface area contributed by atoms with Gasteiger partial charge in [-0.1, -0.05) is 30.3 Å². The highest BCUT2D eigenvalue weighted by molar-refractivity contribution is 7.55. The molecule has 176 valence electrons. The predicted molar refractivity (Wildman–Crippen MR) is 109 cm³/mol. The molecule has 1 aromatic heterocycles. The van der Waals surface area contributed by atoms with Gasteiger partial charge in [0.2, 0.25) is 0 Å². The minimum absolute atomic E-state index is 0.0431. The Kier molecular flexibility index (Phi) is 7.32. The number of aliphatic hydroxyl groups excluding tert-OH is 2. The van der Waals surface area contributed by atoms with Crippen LogP contribution in [0.5, 0.6) is 0 Å². The van der Waals surface area contributed by atoms with Gasteiger partial charge in [-0.15, -0.1) is 0 Å². The van der Waals surface area contributed by atoms with Crippen LogP contribution in [0.3, 0.4) is 0 Å². The molecule has 0 amide bonds. The van der Waals surface area contributed by atoms with Crippen LogP contribution in [0, 0.1) is 0 Å². The molecule has 2 unspecified atom stereocenters. The first-order chi connectivity index (χ1) is 14.9. The second-order valence-electron chi connectivity index (χ2n) is 6.94. The smallest absolute Gasteiger partial charge is 0.387 e. The van der Waals surface area contributed by atoms with Gasteiger partial charge in [0.15, 0.2) is 6.23 Å². The Morgan fingerprint density at radius 2 is 1.81 bits per heavy atom. The average molecular weight is 492 g/mol. The minimum atomic E-state index is -4.92. The highest BCUT2D eigenvalue weighted by Crippen LogP contribution is 2.55. The van der Waals surface area contributed by atoms with E-state index in [2.05, 4.69) is 4.98 Å². The molecule has 32 heavy (non-hydrogen) atoms. The zero-order valence-corrected chi connectivity index (χ0v) is 18.1. The third-order valence-electron chi connectivity index (χ3n) is 4.61. The Balaban J connectivity index is 1.70. The summed E-state index contributed by atoms with van der Waals surface area (Å²) in [6, 6.07) is 8.53. The number of ether oxygens (including phenoxy) is 1. The topological polar surface area (TPSA) is 227 Å². The molecule has 0 aliphatic carbocycles. The number of aromatic nitrogens is 2. The largest absolute Gasteiger partial charge is 0.404 e. The molecule has 1 aromatic carbocycles. The molecule has 0 spiro atoms. The van der Waals surface area contributed by atoms with Gasteiger partial charge in [0.25, 0.3) is 0 Å². The molecule has 2 heterocycles. The van der Waals surface area contributed by atoms with Crippen LogP contribution in [0.15, 0.2) is 47.4 Å². The van der Waals surface area contributed by atoms with Crippen LogP contribution in [0.2, 0.25) is 0 Å². The maximum atomic E-state index is 12.4. The standard InChI is InChI=1S/C16H22N4O10P2/c17-11-6-7-20(16(23)18-11)15-13(22)12(21)10(30-15)8-29-32(27,28)19-14(31(24,25)26)9-4-2-1-3-5-9/h1-7,10,12-15,21-22H,8H2,(H2,17,18,23)(H2,19,27,28)(H2,24,25,26)/t10-,12-,13-,14+,15?/m1/s1. The summed E-state index contributed by atoms with van der Waals surface area (Å²) >= 11 is 0. The van der Waals surface area contributed by atoms with Gasteiger partial charge >= 0.3 is 21.0 Å². The van der Waals surface area contributed by atoms with E-state index < -0.39 is 58.0 Å². The average Bonchev–Trinajstić information content (AvgIpc) is 2.99. The second-order valence-corrected chi connectivity index (χ2v) is 10.2. The Bertz CT molecular complexity index is 1090. The molecule has 16 heteroatoms. The summed E-state index contributed by atoms with van der Waals surface area (Å²) in [7, 11) is -9.75. The number of nitrogens with one attached hydrogen (secondary N) is 1. The van der Waals surface area contributed by atoms with E-state index in [0.717, 1.165) is 4.57 Å². The first-order valence-electron chi connectivity index (χ1n) is 9.10. The van der Waals surface area contributed by atoms with E-state index in [-0.39, 0.29) is 11.4 Å². The van der Waals surface area contributed by atoms with Crippen LogP contribution in [-0.4, -0.2) is 59.4 Å². The number of nitrogen functional groups attached to an aromatic ring is 1. The van der Waals surface area contributed by atoms with Gasteiger partial charge < -0.3 is 35.4 Å². The number of nitrogens with two attached hydrogens (primary N) is 1. The van der Waals surface area contributed by atoms with E-state index in [1.165, 1.54) is 36.5 Å². The maximum absolute atomic E-state index is 12.4. The number of benzene rings is 1. The van der Waals surface area contributed by atoms with Gasteiger partial charge in [-0.3, -0.25) is 13.7 Å². The summed E-state index contributed by atoms with van der Waals surface area (Å²) in [6.45, 7) is -0.755. The molecule has 3 rings (SSSR count). The quantitative estimate of drug-likeness (QED) is 0.220. The van der Waals surface area contributed by atoms with Gasteiger partial charge in [-0.2, -0.15) is 4.98 Å². The lowest BCUT2D eigenvalue weighted by Crippen LogP contribution is -2.36. The van der Waals surface area contributed by atoms with Crippen LogP contribution in [0.25, 0.3) is 0 Å². The van der Waals surface area contributed by atoms with Gasteiger partial charge in [0, 0.05) is 6.20 Å². The van der Waals surface area contributed by atoms with E-state index in [1.807, 2.05) is 5.09 Å². The van der Waals surface area contributed by atoms with Gasteiger partial charge in [0.1, 0.15) is 29.9 Å². The van der Waals surface area contributed by atoms with Crippen LogP contribution < -0.4 is 16.5 Å². The third-order valence-corrected chi connectivity index (χ3v) is 7.00. The molecular formula is C16H22N4O10P2. The SMILES string of the molecule is Nc1ccn(C2O[C@H](COP(=O)(O)N[C@H](c3ccccc3)P(=O)(O)O)[C@@H](O)[C@H]2O)c(=O)n1. The Hall–Kier alpha value is -1.96. The summed E-state index contributed by atoms with van der Waals surface area (Å²) in [6.07, 6.45) is -4.76. The van der Waals surface area contributed by atoms with Gasteiger partial charge in [-0.25, -0.2) is 14.4 Å². The van der Waals surface area contributed by atoms with Gasteiger partial charge in [-0.05, 0) is 11.6 Å². The van der Waals surface area contributed by atoms with Crippen molar-refractivity contribution >= 4 is 21.2 Å². The normalized spacial score (nSPS) is 26.5. The molecule has 1 aliphatic heterocycles. The van der Waals surface area contributed by atoms with Crippen molar-refractivity contribution in [1.29, 1.82) is 0 Å². The zero-order valence-electron chi connectivity index (χ0n) is 16.3. The molecule has 1 saturated heterocycles. The summed E-state index contributed by atoms with van der Waals surface area (Å²) in [5.74, 6) is -1.91. The number of anilines is 1. The van der Waals surface area contributed by atoms with Crippen LogP contribution in [0.4, 0.5) is 5.82 Å². The molecule has 8 N–H and O–H groups in total. The van der Waals surface area contributed by atoms with Crippen molar-refractivity contribution in [2.75, 3.05) is 12.3 Å². The van der Waals surface area contributed by atoms with Crippen LogP contribution >= 0.6 is 15.3 Å². The van der Waals surface area contributed by atoms with Crippen molar-refractivity contribution < 1.29 is 43.3 Å². The number of rotatable bonds is 8. The maximum Gasteiger partial charge on any atom is 0.404 e. The number of nitrogens with zero attached hydrogens (tertiary/aromatic N) is 2. The lowest BCUT2D eigenvalue weighted by Gasteiger charge is -2.24. The van der Waals surface area contributed by atoms with E-state index in [4.69, 9.17) is 15.0 Å². The van der Waals surface area contributed by atoms with Crippen molar-refractivity contribution in [2.45, 2.75) is 30.3 Å². The summed E-state index contributed by atoms with van der Waals surface area (Å²) < 4.78 is 35.4. The fourth-order valence-electron chi connectivity index (χ4n) is 3.06. The molecule has 6 atom stereocenters. The molecule has 1 aliphatic rings. The first kappa shape index (κ1) is 24.7. The molecule has 1 fully saturated rings. The number of aliphatic hydroxyl groups is 2. The van der Waals surface area contributed by atoms with Gasteiger partial charge in [0.05, 0.1) is 6.61 Å². The third kappa shape index (κ3) is 5.69. The number of hydrogen-bond donors (Lipinski definition) is 7. The highest BCUT2D eigenvalue weighted by Gasteiger charge is 2.45. The predicted octanol–water partition coefficient (Wildman–Crippen LogP) is -0.972. The van der Waals surface area contributed by atoms with Crippen molar-refractivity contribution in [3.63, 3.8) is 0 Å². The van der Waals surface area contributed by atoms with Crippen LogP contribution in [0.1, 0.15) is 17.6 Å². The zero-order chi connectivity index (χ0) is 23.7. The summed E-state index contributed by atoms with van der Waals surface area (Å²) in [4.78, 5) is 44.7. The lowest BCUT2D eigenvalue weighted by molar-refractivity contribution is -0.0527. The van der Waals surface area contributed by atoms with E-state index >= 15 is 0 Å². The van der Waals surface area contributed by atoms with Crippen LogP contribution in [-0.2, 0) is 18.4 Å². The Morgan fingerprint density at radius 1 is 1.16 bits per heavy atom. The van der Waals surface area contributed by atoms with Crippen molar-refractivity contribution in [1.82, 2.24) is 14.6 Å². The first-order valence-corrected chi connectivity index (χ1v) is 12.4. The van der Waals surface area contributed by atoms with Crippen molar-refractivity contribution in [3.05, 3.63) is 58.6 Å².